The van der Waals surface area contributed by atoms with E-state index in [0.29, 0.717) is 6.61 Å². The fraction of sp³-hybridized carbons (Fsp3) is 0.429. The molecule has 0 bridgehead atoms. The summed E-state index contributed by atoms with van der Waals surface area (Å²) >= 11 is 3.42. The molecule has 1 aromatic carbocycles. The average Bonchev–Trinajstić information content (AvgIpc) is 2.64. The maximum atomic E-state index is 12.2. The van der Waals surface area contributed by atoms with Crippen molar-refractivity contribution >= 4 is 41.0 Å². The number of hydrogen-bond donors (Lipinski definition) is 0. The number of ether oxygens (including phenoxy) is 1. The van der Waals surface area contributed by atoms with Crippen LogP contribution >= 0.6 is 15.9 Å². The third-order valence-corrected chi connectivity index (χ3v) is 5.67. The molecule has 1 heterocycles. The van der Waals surface area contributed by atoms with Gasteiger partial charge in [-0.2, -0.15) is 0 Å². The summed E-state index contributed by atoms with van der Waals surface area (Å²) in [5.41, 5.74) is 1.61. The summed E-state index contributed by atoms with van der Waals surface area (Å²) in [7, 11) is -1.47. The molecule has 0 aliphatic rings. The Labute approximate surface area is 128 Å². The van der Waals surface area contributed by atoms with Gasteiger partial charge in [-0.1, -0.05) is 0 Å². The molecular weight excluding hydrogens is 336 g/mol. The summed E-state index contributed by atoms with van der Waals surface area (Å²) in [5, 5.41) is 5.25. The quantitative estimate of drug-likeness (QED) is 0.776. The van der Waals surface area contributed by atoms with Crippen LogP contribution in [0, 0.1) is 6.92 Å². The summed E-state index contributed by atoms with van der Waals surface area (Å²) in [4.78, 5) is 12.2. The van der Waals surface area contributed by atoms with E-state index in [4.69, 9.17) is 4.74 Å². The number of aromatic nitrogens is 2. The van der Waals surface area contributed by atoms with E-state index < -0.39 is 14.2 Å². The zero-order valence-electron chi connectivity index (χ0n) is 12.3. The van der Waals surface area contributed by atoms with Gasteiger partial charge in [0.25, 0.3) is 0 Å². The van der Waals surface area contributed by atoms with E-state index in [1.807, 2.05) is 25.1 Å². The van der Waals surface area contributed by atoms with Crippen molar-refractivity contribution in [3.8, 4) is 0 Å². The molecule has 0 unspecified atom stereocenters. The fourth-order valence-corrected chi connectivity index (χ4v) is 3.12. The molecule has 20 heavy (non-hydrogen) atoms. The van der Waals surface area contributed by atoms with E-state index in [1.54, 1.807) is 0 Å². The number of halogens is 1. The minimum atomic E-state index is -1.47. The molecule has 0 N–H and O–H groups in total. The number of nitrogens with zero attached hydrogens (tertiary/aromatic N) is 2. The summed E-state index contributed by atoms with van der Waals surface area (Å²) in [6.45, 7) is 9.22. The molecule has 6 heteroatoms. The minimum absolute atomic E-state index is 0.399. The second-order valence-electron chi connectivity index (χ2n) is 6.52. The molecule has 0 atom stereocenters. The van der Waals surface area contributed by atoms with Crippen LogP contribution in [0.5, 0.6) is 0 Å². The van der Waals surface area contributed by atoms with Crippen molar-refractivity contribution in [2.45, 2.75) is 32.6 Å². The number of carbonyl (C=O) groups is 1. The Morgan fingerprint density at radius 2 is 2.10 bits per heavy atom. The van der Waals surface area contributed by atoms with Crippen molar-refractivity contribution in [1.82, 2.24) is 9.78 Å². The number of rotatable bonds is 3. The normalized spacial score (nSPS) is 12.7. The third kappa shape index (κ3) is 3.49. The molecule has 0 spiro atoms. The van der Waals surface area contributed by atoms with Crippen molar-refractivity contribution in [2.75, 3.05) is 6.61 Å². The van der Waals surface area contributed by atoms with Gasteiger partial charge in [0, 0.05) is 0 Å². The first-order valence-corrected chi connectivity index (χ1v) is 12.0. The molecular formula is C14H20BrN2O2Si-. The van der Waals surface area contributed by atoms with Crippen LogP contribution < -0.4 is 0 Å². The second-order valence-corrected chi connectivity index (χ2v) is 13.9. The molecule has 0 amide bonds. The molecule has 2 rings (SSSR count). The Kier molecular flexibility index (Phi) is 4.34. The molecule has 1 aromatic heterocycles. The third-order valence-electron chi connectivity index (χ3n) is 3.21. The summed E-state index contributed by atoms with van der Waals surface area (Å²) in [5.74, 6) is 0. The Balaban J connectivity index is 2.20. The van der Waals surface area contributed by atoms with Gasteiger partial charge < -0.3 is 0 Å². The molecule has 0 saturated carbocycles. The van der Waals surface area contributed by atoms with Gasteiger partial charge >= 0.3 is 128 Å². The van der Waals surface area contributed by atoms with E-state index in [9.17, 15) is 4.79 Å². The molecule has 0 aliphatic heterocycles. The fourth-order valence-electron chi connectivity index (χ4n) is 1.94. The Morgan fingerprint density at radius 1 is 1.40 bits per heavy atom. The van der Waals surface area contributed by atoms with Crippen LogP contribution in [0.2, 0.25) is 25.7 Å². The van der Waals surface area contributed by atoms with Crippen LogP contribution in [0.4, 0.5) is 4.79 Å². The molecule has 0 fully saturated rings. The first kappa shape index (κ1) is 15.2. The summed E-state index contributed by atoms with van der Waals surface area (Å²) < 4.78 is 7.62. The molecule has 4 nitrogen and oxygen atoms in total. The van der Waals surface area contributed by atoms with Gasteiger partial charge in [0.1, 0.15) is 0 Å². The zero-order chi connectivity index (χ0) is 14.9. The summed E-state index contributed by atoms with van der Waals surface area (Å²) in [6, 6.07) is 6.77. The van der Waals surface area contributed by atoms with E-state index in [1.165, 1.54) is 4.68 Å². The maximum absolute atomic E-state index is 12.2. The van der Waals surface area contributed by atoms with Gasteiger partial charge in [0.05, 0.1) is 0 Å². The van der Waals surface area contributed by atoms with Crippen LogP contribution in [-0.2, 0) is 4.74 Å². The standard InChI is InChI=1S/C14H20BrN2O2Si/c1-10-12-6-5-11(15)9-13(12)17(16-10)14(18)19-7-8-20(2,3)4/h5-6,9,20H,7-8H2,1-4H3/q-1. The van der Waals surface area contributed by atoms with Crippen molar-refractivity contribution in [3.63, 3.8) is 0 Å². The predicted molar refractivity (Wildman–Crippen MR) is 88.5 cm³/mol. The molecule has 110 valence electrons. The molecule has 0 radical (unpaired) electrons. The van der Waals surface area contributed by atoms with Crippen LogP contribution in [-0.4, -0.2) is 30.6 Å². The van der Waals surface area contributed by atoms with Gasteiger partial charge in [-0.25, -0.2) is 0 Å². The Hall–Kier alpha value is -1.14. The Bertz CT molecular complexity index is 646. The average molecular weight is 356 g/mol. The van der Waals surface area contributed by atoms with Crippen molar-refractivity contribution in [2.24, 2.45) is 0 Å². The SMILES string of the molecule is Cc1nn(C(=O)OCC[SiH-](C)(C)C)c2cc(Br)ccc12. The first-order valence-electron chi connectivity index (χ1n) is 6.89. The van der Waals surface area contributed by atoms with Gasteiger partial charge in [-0.3, -0.25) is 0 Å². The van der Waals surface area contributed by atoms with Gasteiger partial charge in [-0.15, -0.1) is 0 Å². The predicted octanol–water partition coefficient (Wildman–Crippen LogP) is 4.16. The van der Waals surface area contributed by atoms with E-state index in [-0.39, 0.29) is 0 Å². The van der Waals surface area contributed by atoms with E-state index >= 15 is 0 Å². The van der Waals surface area contributed by atoms with E-state index in [2.05, 4.69) is 40.7 Å². The van der Waals surface area contributed by atoms with Crippen LogP contribution in [0.3, 0.4) is 0 Å². The van der Waals surface area contributed by atoms with Crippen molar-refractivity contribution in [1.29, 1.82) is 0 Å². The summed E-state index contributed by atoms with van der Waals surface area (Å²) in [6.07, 6.45) is -0.399. The van der Waals surface area contributed by atoms with Gasteiger partial charge in [0.2, 0.25) is 0 Å². The monoisotopic (exact) mass is 355 g/mol. The molecule has 0 aliphatic carbocycles. The second kappa shape index (κ2) is 5.69. The van der Waals surface area contributed by atoms with Gasteiger partial charge in [0.15, 0.2) is 0 Å². The topological polar surface area (TPSA) is 44.1 Å². The number of fused-ring (bicyclic) bond motifs is 1. The first-order chi connectivity index (χ1) is 9.28. The molecule has 2 aromatic rings. The number of hydrogen-bond acceptors (Lipinski definition) is 3. The van der Waals surface area contributed by atoms with Crippen LogP contribution in [0.25, 0.3) is 10.9 Å². The Morgan fingerprint density at radius 3 is 2.75 bits per heavy atom. The van der Waals surface area contributed by atoms with E-state index in [0.717, 1.165) is 27.1 Å². The van der Waals surface area contributed by atoms with Gasteiger partial charge in [-0.05, 0) is 0 Å². The number of aryl methyl sites for hydroxylation is 1. The molecule has 0 saturated heterocycles. The van der Waals surface area contributed by atoms with Crippen LogP contribution in [0.15, 0.2) is 22.7 Å². The van der Waals surface area contributed by atoms with Crippen molar-refractivity contribution < 1.29 is 9.53 Å². The number of carbonyl (C=O) groups excluding carboxylic acids is 1. The van der Waals surface area contributed by atoms with Crippen LogP contribution in [0.1, 0.15) is 5.69 Å². The zero-order valence-corrected chi connectivity index (χ0v) is 15.1. The number of benzene rings is 1. The van der Waals surface area contributed by atoms with Crippen molar-refractivity contribution in [3.05, 3.63) is 28.4 Å².